The van der Waals surface area contributed by atoms with Gasteiger partial charge in [-0.1, -0.05) is 41.9 Å². The lowest BCUT2D eigenvalue weighted by molar-refractivity contribution is -0.191. The van der Waals surface area contributed by atoms with Crippen LogP contribution in [-0.4, -0.2) is 29.6 Å². The van der Waals surface area contributed by atoms with Crippen molar-refractivity contribution in [3.63, 3.8) is 0 Å². The van der Waals surface area contributed by atoms with Gasteiger partial charge in [-0.2, -0.15) is 18.4 Å². The van der Waals surface area contributed by atoms with Gasteiger partial charge in [-0.3, -0.25) is 4.79 Å². The molecular weight excluding hydrogens is 387 g/mol. The van der Waals surface area contributed by atoms with Crippen molar-refractivity contribution in [2.75, 3.05) is 6.54 Å². The minimum Gasteiger partial charge on any atom is -0.320 e. The molecule has 0 aromatic heterocycles. The lowest BCUT2D eigenvalue weighted by Gasteiger charge is -2.33. The monoisotopic (exact) mass is 405 g/mol. The Morgan fingerprint density at radius 1 is 1.33 bits per heavy atom. The number of hydrogen-bond acceptors (Lipinski definition) is 3. The number of halogens is 4. The molecule has 0 radical (unpaired) electrons. The fourth-order valence-electron chi connectivity index (χ4n) is 2.39. The molecule has 1 amide bonds. The summed E-state index contributed by atoms with van der Waals surface area (Å²) in [7, 11) is 0. The Labute approximate surface area is 147 Å². The number of hydrogen-bond donors (Lipinski definition) is 1. The van der Waals surface area contributed by atoms with E-state index in [9.17, 15) is 18.0 Å². The number of benzene rings is 1. The maximum absolute atomic E-state index is 13.6. The number of rotatable bonds is 6. The molecule has 2 N–H and O–H groups in total. The molecule has 2 atom stereocenters. The van der Waals surface area contributed by atoms with Gasteiger partial charge in [-0.25, -0.2) is 0 Å². The Kier molecular flexibility index (Phi) is 7.24. The molecule has 1 unspecified atom stereocenters. The third-order valence-corrected chi connectivity index (χ3v) is 3.90. The maximum Gasteiger partial charge on any atom is 0.413 e. The van der Waals surface area contributed by atoms with Gasteiger partial charge < -0.3 is 10.6 Å². The third kappa shape index (κ3) is 5.49. The second-order valence-corrected chi connectivity index (χ2v) is 6.77. The summed E-state index contributed by atoms with van der Waals surface area (Å²) in [4.78, 5) is 12.9. The first-order chi connectivity index (χ1) is 11.1. The van der Waals surface area contributed by atoms with Gasteiger partial charge in [0.2, 0.25) is 5.91 Å². The van der Waals surface area contributed by atoms with Crippen LogP contribution in [0, 0.1) is 17.2 Å². The summed E-state index contributed by atoms with van der Waals surface area (Å²) in [5.41, 5.74) is 5.64. The average molecular weight is 406 g/mol. The number of nitriles is 1. The molecular formula is C16H19BrF3N3O. The van der Waals surface area contributed by atoms with Gasteiger partial charge in [0.05, 0.1) is 12.1 Å². The highest BCUT2D eigenvalue weighted by Crippen LogP contribution is 2.38. The van der Waals surface area contributed by atoms with Gasteiger partial charge in [-0.15, -0.1) is 0 Å². The highest BCUT2D eigenvalue weighted by atomic mass is 79.9. The van der Waals surface area contributed by atoms with Gasteiger partial charge in [0.25, 0.3) is 0 Å². The van der Waals surface area contributed by atoms with E-state index < -0.39 is 30.7 Å². The zero-order chi connectivity index (χ0) is 18.5. The van der Waals surface area contributed by atoms with Crippen molar-refractivity contribution in [1.29, 1.82) is 5.26 Å². The van der Waals surface area contributed by atoms with Crippen molar-refractivity contribution in [2.24, 2.45) is 11.7 Å². The smallest absolute Gasteiger partial charge is 0.320 e. The van der Waals surface area contributed by atoms with Gasteiger partial charge in [0, 0.05) is 4.47 Å². The summed E-state index contributed by atoms with van der Waals surface area (Å²) in [6, 6.07) is 3.79. The van der Waals surface area contributed by atoms with E-state index in [0.717, 1.165) is 0 Å². The molecule has 0 heterocycles. The normalized spacial score (nSPS) is 14.1. The largest absolute Gasteiger partial charge is 0.413 e. The fraction of sp³-hybridized carbons (Fsp3) is 0.500. The van der Waals surface area contributed by atoms with Crippen LogP contribution in [0.25, 0.3) is 0 Å². The molecule has 0 spiro atoms. The second kappa shape index (κ2) is 8.49. The molecule has 0 fully saturated rings. The molecule has 0 saturated carbocycles. The van der Waals surface area contributed by atoms with Gasteiger partial charge in [0.1, 0.15) is 6.54 Å². The molecule has 0 aliphatic heterocycles. The summed E-state index contributed by atoms with van der Waals surface area (Å²) in [6.07, 6.45) is -4.48. The van der Waals surface area contributed by atoms with Crippen LogP contribution in [0.4, 0.5) is 13.2 Å². The van der Waals surface area contributed by atoms with Crippen LogP contribution >= 0.6 is 15.9 Å². The van der Waals surface area contributed by atoms with E-state index in [4.69, 9.17) is 11.0 Å². The first-order valence-corrected chi connectivity index (χ1v) is 8.12. The summed E-state index contributed by atoms with van der Waals surface area (Å²) < 4.78 is 41.4. The molecule has 132 valence electrons. The number of carbonyl (C=O) groups excluding carboxylic acids is 1. The SMILES string of the molecule is CC(C)C[C@H](N)C(=O)N(CC#N)C(c1ccc(Br)cc1)C(F)(F)F. The third-order valence-electron chi connectivity index (χ3n) is 3.37. The van der Waals surface area contributed by atoms with Crippen molar-refractivity contribution in [2.45, 2.75) is 38.5 Å². The standard InChI is InChI=1S/C16H19BrF3N3O/c1-10(2)9-13(22)15(24)23(8-7-21)14(16(18,19)20)11-3-5-12(17)6-4-11/h3-6,10,13-14H,8-9,22H2,1-2H3/t13-,14?/m0/s1. The van der Waals surface area contributed by atoms with Gasteiger partial charge >= 0.3 is 6.18 Å². The molecule has 0 aliphatic rings. The van der Waals surface area contributed by atoms with Crippen LogP contribution in [-0.2, 0) is 4.79 Å². The minimum absolute atomic E-state index is 0.0462. The number of carbonyl (C=O) groups is 1. The van der Waals surface area contributed by atoms with E-state index in [1.807, 2.05) is 13.8 Å². The number of nitrogens with two attached hydrogens (primary N) is 1. The molecule has 0 saturated heterocycles. The van der Waals surface area contributed by atoms with Crippen LogP contribution in [0.3, 0.4) is 0 Å². The quantitative estimate of drug-likeness (QED) is 0.732. The average Bonchev–Trinajstić information content (AvgIpc) is 2.46. The van der Waals surface area contributed by atoms with Crippen LogP contribution in [0.1, 0.15) is 31.9 Å². The second-order valence-electron chi connectivity index (χ2n) is 5.86. The summed E-state index contributed by atoms with van der Waals surface area (Å²) in [6.45, 7) is 2.94. The Bertz CT molecular complexity index is 596. The van der Waals surface area contributed by atoms with Crippen LogP contribution < -0.4 is 5.73 Å². The van der Waals surface area contributed by atoms with E-state index in [1.165, 1.54) is 24.3 Å². The van der Waals surface area contributed by atoms with Gasteiger partial charge in [-0.05, 0) is 30.0 Å². The summed E-state index contributed by atoms with van der Waals surface area (Å²) in [5.74, 6) is -0.833. The topological polar surface area (TPSA) is 70.1 Å². The first kappa shape index (κ1) is 20.5. The Balaban J connectivity index is 3.26. The zero-order valence-electron chi connectivity index (χ0n) is 13.3. The molecule has 0 bridgehead atoms. The van der Waals surface area contributed by atoms with Gasteiger partial charge in [0.15, 0.2) is 6.04 Å². The van der Waals surface area contributed by atoms with Crippen molar-refractivity contribution < 1.29 is 18.0 Å². The van der Waals surface area contributed by atoms with Crippen molar-refractivity contribution >= 4 is 21.8 Å². The van der Waals surface area contributed by atoms with E-state index in [0.29, 0.717) is 9.37 Å². The Hall–Kier alpha value is -1.59. The lowest BCUT2D eigenvalue weighted by Crippen LogP contribution is -2.49. The number of alkyl halides is 3. The van der Waals surface area contributed by atoms with Crippen LogP contribution in [0.5, 0.6) is 0 Å². The summed E-state index contributed by atoms with van der Waals surface area (Å²) >= 11 is 3.16. The molecule has 0 aliphatic carbocycles. The molecule has 1 rings (SSSR count). The lowest BCUT2D eigenvalue weighted by atomic mass is 10.00. The zero-order valence-corrected chi connectivity index (χ0v) is 14.9. The van der Waals surface area contributed by atoms with Crippen LogP contribution in [0.2, 0.25) is 0 Å². The van der Waals surface area contributed by atoms with Crippen molar-refractivity contribution in [1.82, 2.24) is 4.90 Å². The van der Waals surface area contributed by atoms with E-state index in [2.05, 4.69) is 15.9 Å². The number of nitrogens with zero attached hydrogens (tertiary/aromatic N) is 2. The maximum atomic E-state index is 13.6. The van der Waals surface area contributed by atoms with Crippen LogP contribution in [0.15, 0.2) is 28.7 Å². The molecule has 8 heteroatoms. The highest BCUT2D eigenvalue weighted by Gasteiger charge is 2.47. The minimum atomic E-state index is -4.72. The van der Waals surface area contributed by atoms with E-state index >= 15 is 0 Å². The number of amides is 1. The first-order valence-electron chi connectivity index (χ1n) is 7.33. The molecule has 24 heavy (non-hydrogen) atoms. The molecule has 4 nitrogen and oxygen atoms in total. The Morgan fingerprint density at radius 2 is 1.88 bits per heavy atom. The van der Waals surface area contributed by atoms with Crippen molar-refractivity contribution in [3.05, 3.63) is 34.3 Å². The molecule has 1 aromatic rings. The fourth-order valence-corrected chi connectivity index (χ4v) is 2.65. The molecule has 1 aromatic carbocycles. The highest BCUT2D eigenvalue weighted by molar-refractivity contribution is 9.10. The summed E-state index contributed by atoms with van der Waals surface area (Å²) in [5, 5.41) is 8.90. The van der Waals surface area contributed by atoms with E-state index in [-0.39, 0.29) is 17.9 Å². The van der Waals surface area contributed by atoms with E-state index in [1.54, 1.807) is 6.07 Å². The predicted molar refractivity (Wildman–Crippen MR) is 87.7 cm³/mol. The van der Waals surface area contributed by atoms with Crippen molar-refractivity contribution in [3.8, 4) is 6.07 Å². The Morgan fingerprint density at radius 3 is 2.29 bits per heavy atom. The predicted octanol–water partition coefficient (Wildman–Crippen LogP) is 3.78.